The third-order valence-corrected chi connectivity index (χ3v) is 3.82. The van der Waals surface area contributed by atoms with E-state index in [1.165, 1.54) is 17.4 Å². The van der Waals surface area contributed by atoms with Crippen molar-refractivity contribution in [2.24, 2.45) is 5.73 Å². The van der Waals surface area contributed by atoms with Crippen molar-refractivity contribution in [1.82, 2.24) is 0 Å². The largest absolute Gasteiger partial charge is 0.319 e. The van der Waals surface area contributed by atoms with Crippen LogP contribution in [0.15, 0.2) is 29.6 Å². The summed E-state index contributed by atoms with van der Waals surface area (Å²) in [4.78, 5) is 0.850. The van der Waals surface area contributed by atoms with Crippen molar-refractivity contribution in [3.05, 3.63) is 55.9 Å². The van der Waals surface area contributed by atoms with Gasteiger partial charge in [0.05, 0.1) is 11.1 Å². The van der Waals surface area contributed by atoms with E-state index in [-0.39, 0.29) is 10.6 Å². The van der Waals surface area contributed by atoms with Crippen LogP contribution >= 0.6 is 34.5 Å². The third kappa shape index (κ3) is 2.09. The Bertz CT molecular complexity index is 499. The van der Waals surface area contributed by atoms with Crippen molar-refractivity contribution in [3.8, 4) is 0 Å². The minimum atomic E-state index is -0.578. The third-order valence-electron chi connectivity index (χ3n) is 2.24. The van der Waals surface area contributed by atoms with Gasteiger partial charge >= 0.3 is 0 Å². The van der Waals surface area contributed by atoms with E-state index in [1.54, 1.807) is 6.07 Å². The number of benzene rings is 1. The van der Waals surface area contributed by atoms with Crippen LogP contribution in [0, 0.1) is 5.82 Å². The fourth-order valence-electron chi connectivity index (χ4n) is 1.44. The van der Waals surface area contributed by atoms with E-state index in [0.717, 1.165) is 4.88 Å². The zero-order valence-electron chi connectivity index (χ0n) is 8.08. The summed E-state index contributed by atoms with van der Waals surface area (Å²) in [6.45, 7) is 0. The highest BCUT2D eigenvalue weighted by atomic mass is 35.5. The molecule has 0 radical (unpaired) electrons. The summed E-state index contributed by atoms with van der Waals surface area (Å²) in [5.74, 6) is -0.546. The molecule has 0 saturated heterocycles. The number of halogens is 3. The number of rotatable bonds is 2. The number of thiophene rings is 1. The summed E-state index contributed by atoms with van der Waals surface area (Å²) in [5, 5.41) is 2.21. The van der Waals surface area contributed by atoms with Crippen molar-refractivity contribution in [1.29, 1.82) is 0 Å². The molecule has 0 saturated carbocycles. The Kier molecular flexibility index (Phi) is 3.50. The Balaban J connectivity index is 2.52. The highest BCUT2D eigenvalue weighted by Crippen LogP contribution is 2.33. The predicted octanol–water partition coefficient (Wildman–Crippen LogP) is 4.24. The molecule has 1 aromatic carbocycles. The number of nitrogens with two attached hydrogens (primary N) is 1. The Hall–Kier alpha value is -0.610. The molecule has 1 aromatic heterocycles. The van der Waals surface area contributed by atoms with E-state index >= 15 is 0 Å². The minimum Gasteiger partial charge on any atom is -0.319 e. The second-order valence-corrected chi connectivity index (χ2v) is 5.04. The molecule has 2 rings (SSSR count). The van der Waals surface area contributed by atoms with Gasteiger partial charge in [0, 0.05) is 15.5 Å². The Morgan fingerprint density at radius 1 is 1.19 bits per heavy atom. The fourth-order valence-corrected chi connectivity index (χ4v) is 2.60. The van der Waals surface area contributed by atoms with E-state index in [0.29, 0.717) is 5.02 Å². The van der Waals surface area contributed by atoms with Crippen molar-refractivity contribution in [3.63, 3.8) is 0 Å². The maximum atomic E-state index is 13.8. The number of hydrogen-bond donors (Lipinski definition) is 1. The zero-order valence-corrected chi connectivity index (χ0v) is 10.4. The summed E-state index contributed by atoms with van der Waals surface area (Å²) < 4.78 is 13.8. The molecule has 0 aliphatic carbocycles. The Morgan fingerprint density at radius 3 is 2.50 bits per heavy atom. The van der Waals surface area contributed by atoms with E-state index in [2.05, 4.69) is 0 Å². The van der Waals surface area contributed by atoms with Gasteiger partial charge < -0.3 is 5.73 Å². The maximum Gasteiger partial charge on any atom is 0.148 e. The van der Waals surface area contributed by atoms with Crippen molar-refractivity contribution in [2.45, 2.75) is 6.04 Å². The smallest absolute Gasteiger partial charge is 0.148 e. The first kappa shape index (κ1) is 11.9. The van der Waals surface area contributed by atoms with Crippen molar-refractivity contribution in [2.75, 3.05) is 0 Å². The van der Waals surface area contributed by atoms with Crippen LogP contribution in [-0.2, 0) is 0 Å². The second kappa shape index (κ2) is 4.72. The number of hydrogen-bond acceptors (Lipinski definition) is 2. The molecule has 0 unspecified atom stereocenters. The SMILES string of the molecule is N[C@@H](c1cccs1)c1c(Cl)ccc(Cl)c1F. The molecule has 0 fully saturated rings. The highest BCUT2D eigenvalue weighted by Gasteiger charge is 2.19. The van der Waals surface area contributed by atoms with Gasteiger partial charge in [0.1, 0.15) is 5.82 Å². The molecule has 2 aromatic rings. The van der Waals surface area contributed by atoms with Crippen LogP contribution in [0.5, 0.6) is 0 Å². The molecule has 0 aliphatic rings. The van der Waals surface area contributed by atoms with E-state index < -0.39 is 11.9 Å². The van der Waals surface area contributed by atoms with Crippen LogP contribution in [0.4, 0.5) is 4.39 Å². The van der Waals surface area contributed by atoms with Crippen LogP contribution in [0.25, 0.3) is 0 Å². The van der Waals surface area contributed by atoms with Crippen LogP contribution in [0.1, 0.15) is 16.5 Å². The summed E-state index contributed by atoms with van der Waals surface area (Å²) in [7, 11) is 0. The van der Waals surface area contributed by atoms with Crippen LogP contribution in [-0.4, -0.2) is 0 Å². The quantitative estimate of drug-likeness (QED) is 0.815. The lowest BCUT2D eigenvalue weighted by molar-refractivity contribution is 0.601. The van der Waals surface area contributed by atoms with Gasteiger partial charge in [-0.25, -0.2) is 4.39 Å². The molecule has 16 heavy (non-hydrogen) atoms. The van der Waals surface area contributed by atoms with Gasteiger partial charge in [-0.2, -0.15) is 0 Å². The Labute approximate surface area is 107 Å². The molecule has 0 aliphatic heterocycles. The molecule has 1 heterocycles. The van der Waals surface area contributed by atoms with Crippen LogP contribution < -0.4 is 5.73 Å². The summed E-state index contributed by atoms with van der Waals surface area (Å²) >= 11 is 13.1. The molecule has 1 atom stereocenters. The Morgan fingerprint density at radius 2 is 1.88 bits per heavy atom. The lowest BCUT2D eigenvalue weighted by Crippen LogP contribution is -2.13. The molecule has 0 amide bonds. The van der Waals surface area contributed by atoms with Gasteiger partial charge in [-0.15, -0.1) is 11.3 Å². The lowest BCUT2D eigenvalue weighted by Gasteiger charge is -2.13. The van der Waals surface area contributed by atoms with E-state index in [9.17, 15) is 4.39 Å². The maximum absolute atomic E-state index is 13.8. The first-order valence-electron chi connectivity index (χ1n) is 4.53. The van der Waals surface area contributed by atoms with Gasteiger partial charge in [0.2, 0.25) is 0 Å². The zero-order chi connectivity index (χ0) is 11.7. The van der Waals surface area contributed by atoms with E-state index in [4.69, 9.17) is 28.9 Å². The lowest BCUT2D eigenvalue weighted by atomic mass is 10.1. The molecular weight excluding hydrogens is 268 g/mol. The monoisotopic (exact) mass is 275 g/mol. The van der Waals surface area contributed by atoms with Gasteiger partial charge in [-0.05, 0) is 23.6 Å². The average molecular weight is 276 g/mol. The summed E-state index contributed by atoms with van der Waals surface area (Å²) in [5.41, 5.74) is 6.21. The minimum absolute atomic E-state index is 0.0337. The molecule has 1 nitrogen and oxygen atoms in total. The van der Waals surface area contributed by atoms with Crippen molar-refractivity contribution < 1.29 is 4.39 Å². The standard InChI is InChI=1S/C11H8Cl2FNS/c12-6-3-4-7(13)10(14)9(6)11(15)8-2-1-5-16-8/h1-5,11H,15H2/t11-/m0/s1. The first-order valence-corrected chi connectivity index (χ1v) is 6.17. The molecule has 0 spiro atoms. The van der Waals surface area contributed by atoms with Crippen molar-refractivity contribution >= 4 is 34.5 Å². The van der Waals surface area contributed by atoms with Gasteiger partial charge in [0.15, 0.2) is 0 Å². The fraction of sp³-hybridized carbons (Fsp3) is 0.0909. The highest BCUT2D eigenvalue weighted by molar-refractivity contribution is 7.10. The van der Waals surface area contributed by atoms with Gasteiger partial charge in [0.25, 0.3) is 0 Å². The second-order valence-electron chi connectivity index (χ2n) is 3.25. The topological polar surface area (TPSA) is 26.0 Å². The molecular formula is C11H8Cl2FNS. The summed E-state index contributed by atoms with van der Waals surface area (Å²) in [6.07, 6.45) is 0. The molecule has 2 N–H and O–H groups in total. The summed E-state index contributed by atoms with van der Waals surface area (Å²) in [6, 6.07) is 6.09. The van der Waals surface area contributed by atoms with Crippen LogP contribution in [0.3, 0.4) is 0 Å². The average Bonchev–Trinajstić information content (AvgIpc) is 2.77. The van der Waals surface area contributed by atoms with Gasteiger partial charge in [-0.1, -0.05) is 29.3 Å². The van der Waals surface area contributed by atoms with Crippen LogP contribution in [0.2, 0.25) is 10.0 Å². The normalized spacial score (nSPS) is 12.8. The molecule has 84 valence electrons. The predicted molar refractivity (Wildman–Crippen MR) is 66.8 cm³/mol. The molecule has 0 bridgehead atoms. The first-order chi connectivity index (χ1) is 7.61. The molecule has 5 heteroatoms. The van der Waals surface area contributed by atoms with E-state index in [1.807, 2.05) is 17.5 Å². The van der Waals surface area contributed by atoms with Gasteiger partial charge in [-0.3, -0.25) is 0 Å².